The molecule has 1 saturated carbocycles. The molecule has 1 N–H and O–H groups in total. The third-order valence-corrected chi connectivity index (χ3v) is 5.31. The maximum absolute atomic E-state index is 13.4. The van der Waals surface area contributed by atoms with E-state index in [1.165, 1.54) is 25.1 Å². The zero-order chi connectivity index (χ0) is 21.9. The van der Waals surface area contributed by atoms with Crippen molar-refractivity contribution >= 4 is 23.3 Å². The van der Waals surface area contributed by atoms with Gasteiger partial charge in [0.05, 0.1) is 10.3 Å². The number of benzene rings is 2. The summed E-state index contributed by atoms with van der Waals surface area (Å²) < 4.78 is 32.1. The lowest BCUT2D eigenvalue weighted by Gasteiger charge is -2.28. The largest absolute Gasteiger partial charge is 0.452 e. The lowest BCUT2D eigenvalue weighted by atomic mass is 9.79. The van der Waals surface area contributed by atoms with Crippen LogP contribution in [0.1, 0.15) is 38.2 Å². The maximum atomic E-state index is 13.4. The van der Waals surface area contributed by atoms with E-state index in [1.54, 1.807) is 12.1 Å². The van der Waals surface area contributed by atoms with E-state index in [-0.39, 0.29) is 5.69 Å². The summed E-state index contributed by atoms with van der Waals surface area (Å²) in [5.74, 6) is -2.74. The van der Waals surface area contributed by atoms with Gasteiger partial charge in [-0.1, -0.05) is 25.0 Å². The number of carbonyl (C=O) groups is 2. The Morgan fingerprint density at radius 1 is 1.13 bits per heavy atom. The molecular weight excluding hydrogens is 398 g/mol. The highest BCUT2D eigenvalue weighted by atomic mass is 19.1. The minimum Gasteiger partial charge on any atom is -0.452 e. The molecule has 0 saturated heterocycles. The van der Waals surface area contributed by atoms with Gasteiger partial charge in [-0.05, 0) is 49.6 Å². The topological polar surface area (TPSA) is 98.5 Å². The highest BCUT2D eigenvalue weighted by Crippen LogP contribution is 2.42. The Bertz CT molecular complexity index is 972. The molecule has 1 fully saturated rings. The Labute approximate surface area is 171 Å². The van der Waals surface area contributed by atoms with Crippen molar-refractivity contribution in [3.63, 3.8) is 0 Å². The van der Waals surface area contributed by atoms with Crippen LogP contribution in [0.3, 0.4) is 0 Å². The Morgan fingerprint density at radius 2 is 1.77 bits per heavy atom. The smallest absolute Gasteiger partial charge is 0.317 e. The second-order valence-corrected chi connectivity index (χ2v) is 7.26. The van der Waals surface area contributed by atoms with Crippen molar-refractivity contribution < 1.29 is 28.0 Å². The van der Waals surface area contributed by atoms with E-state index >= 15 is 0 Å². The maximum Gasteiger partial charge on any atom is 0.317 e. The minimum absolute atomic E-state index is 0.00473. The van der Waals surface area contributed by atoms with Gasteiger partial charge < -0.3 is 10.1 Å². The van der Waals surface area contributed by atoms with Crippen molar-refractivity contribution in [2.45, 2.75) is 44.1 Å². The average Bonchev–Trinajstić information content (AvgIpc) is 3.21. The van der Waals surface area contributed by atoms with Gasteiger partial charge in [0.25, 0.3) is 5.91 Å². The minimum atomic E-state index is -1.19. The summed E-state index contributed by atoms with van der Waals surface area (Å²) in [7, 11) is 0. The molecular formula is C21H20F2N2O5. The number of amides is 1. The van der Waals surface area contributed by atoms with Crippen molar-refractivity contribution in [1.82, 2.24) is 0 Å². The fourth-order valence-corrected chi connectivity index (χ4v) is 3.66. The Kier molecular flexibility index (Phi) is 6.09. The van der Waals surface area contributed by atoms with E-state index in [0.29, 0.717) is 18.4 Å². The molecule has 30 heavy (non-hydrogen) atoms. The predicted molar refractivity (Wildman–Crippen MR) is 104 cm³/mol. The molecule has 7 nitrogen and oxygen atoms in total. The van der Waals surface area contributed by atoms with E-state index in [1.807, 2.05) is 0 Å². The monoisotopic (exact) mass is 418 g/mol. The number of nitro benzene ring substituents is 1. The van der Waals surface area contributed by atoms with Crippen molar-refractivity contribution in [2.75, 3.05) is 5.32 Å². The van der Waals surface area contributed by atoms with Crippen LogP contribution < -0.4 is 5.32 Å². The second-order valence-electron chi connectivity index (χ2n) is 7.26. The van der Waals surface area contributed by atoms with Crippen LogP contribution in [0.2, 0.25) is 0 Å². The highest BCUT2D eigenvalue weighted by Gasteiger charge is 2.45. The third-order valence-electron chi connectivity index (χ3n) is 5.31. The van der Waals surface area contributed by atoms with Crippen molar-refractivity contribution in [3.8, 4) is 0 Å². The van der Waals surface area contributed by atoms with Crippen molar-refractivity contribution in [1.29, 1.82) is 0 Å². The SMILES string of the molecule is C[C@H](OC(=O)C1(c2ccc(F)cc2)CCCC1)C(=O)Nc1ccc(F)c([N+](=O)[O-])c1. The number of ether oxygens (including phenoxy) is 1. The molecule has 1 aliphatic rings. The van der Waals surface area contributed by atoms with Crippen molar-refractivity contribution in [3.05, 3.63) is 69.8 Å². The van der Waals surface area contributed by atoms with E-state index in [9.17, 15) is 28.5 Å². The molecule has 9 heteroatoms. The molecule has 1 atom stereocenters. The molecule has 0 aromatic heterocycles. The number of hydrogen-bond acceptors (Lipinski definition) is 5. The van der Waals surface area contributed by atoms with Crippen LogP contribution >= 0.6 is 0 Å². The lowest BCUT2D eigenvalue weighted by molar-refractivity contribution is -0.387. The summed E-state index contributed by atoms with van der Waals surface area (Å²) in [5, 5.41) is 13.2. The summed E-state index contributed by atoms with van der Waals surface area (Å²) >= 11 is 0. The number of rotatable bonds is 6. The number of esters is 1. The van der Waals surface area contributed by atoms with Gasteiger partial charge in [0, 0.05) is 11.8 Å². The molecule has 158 valence electrons. The first kappa shape index (κ1) is 21.4. The Balaban J connectivity index is 1.72. The van der Waals surface area contributed by atoms with Gasteiger partial charge in [-0.2, -0.15) is 4.39 Å². The summed E-state index contributed by atoms with van der Waals surface area (Å²) in [6.45, 7) is 1.37. The standard InChI is InChI=1S/C21H20F2N2O5/c1-13(19(26)24-16-8-9-17(23)18(12-16)25(28)29)30-20(27)21(10-2-3-11-21)14-4-6-15(22)7-5-14/h4-9,12-13H,2-3,10-11H2,1H3,(H,24,26)/t13-/m0/s1. The first-order chi connectivity index (χ1) is 14.2. The lowest BCUT2D eigenvalue weighted by Crippen LogP contribution is -2.39. The summed E-state index contributed by atoms with van der Waals surface area (Å²) in [5.41, 5.74) is -1.09. The van der Waals surface area contributed by atoms with E-state index < -0.39 is 45.6 Å². The van der Waals surface area contributed by atoms with Crippen LogP contribution in [0, 0.1) is 21.7 Å². The average molecular weight is 418 g/mol. The number of halogens is 2. The second kappa shape index (κ2) is 8.56. The Morgan fingerprint density at radius 3 is 2.37 bits per heavy atom. The summed E-state index contributed by atoms with van der Waals surface area (Å²) in [6, 6.07) is 8.58. The predicted octanol–water partition coefficient (Wildman–Crippen LogP) is 4.26. The van der Waals surface area contributed by atoms with Crippen LogP contribution in [-0.2, 0) is 19.7 Å². The number of hydrogen-bond donors (Lipinski definition) is 1. The van der Waals surface area contributed by atoms with Crippen LogP contribution in [-0.4, -0.2) is 22.9 Å². The van der Waals surface area contributed by atoms with Crippen molar-refractivity contribution in [2.24, 2.45) is 0 Å². The van der Waals surface area contributed by atoms with Crippen LogP contribution in [0.15, 0.2) is 42.5 Å². The molecule has 0 heterocycles. The number of nitro groups is 1. The van der Waals surface area contributed by atoms with Gasteiger partial charge in [0.1, 0.15) is 5.82 Å². The number of nitrogens with zero attached hydrogens (tertiary/aromatic N) is 1. The van der Waals surface area contributed by atoms with Gasteiger partial charge in [0.15, 0.2) is 6.10 Å². The quantitative estimate of drug-likeness (QED) is 0.429. The molecule has 0 bridgehead atoms. The molecule has 2 aromatic carbocycles. The molecule has 1 amide bonds. The molecule has 0 unspecified atom stereocenters. The zero-order valence-corrected chi connectivity index (χ0v) is 16.2. The van der Waals surface area contributed by atoms with E-state index in [2.05, 4.69) is 5.32 Å². The number of nitrogens with one attached hydrogen (secondary N) is 1. The first-order valence-corrected chi connectivity index (χ1v) is 9.45. The molecule has 0 aliphatic heterocycles. The van der Waals surface area contributed by atoms with Gasteiger partial charge >= 0.3 is 11.7 Å². The van der Waals surface area contributed by atoms with Crippen LogP contribution in [0.5, 0.6) is 0 Å². The van der Waals surface area contributed by atoms with Gasteiger partial charge in [0.2, 0.25) is 5.82 Å². The third kappa shape index (κ3) is 4.29. The van der Waals surface area contributed by atoms with Crippen LogP contribution in [0.4, 0.5) is 20.2 Å². The number of carbonyl (C=O) groups excluding carboxylic acids is 2. The highest BCUT2D eigenvalue weighted by molar-refractivity contribution is 5.96. The summed E-state index contributed by atoms with van der Waals surface area (Å²) in [6.07, 6.45) is 1.45. The van der Waals surface area contributed by atoms with E-state index in [0.717, 1.165) is 25.0 Å². The number of anilines is 1. The van der Waals surface area contributed by atoms with Gasteiger partial charge in [-0.25, -0.2) is 4.39 Å². The Hall–Kier alpha value is -3.36. The summed E-state index contributed by atoms with van der Waals surface area (Å²) in [4.78, 5) is 35.3. The van der Waals surface area contributed by atoms with Gasteiger partial charge in [-0.3, -0.25) is 19.7 Å². The fourth-order valence-electron chi connectivity index (χ4n) is 3.66. The fraction of sp³-hybridized carbons (Fsp3) is 0.333. The molecule has 2 aromatic rings. The van der Waals surface area contributed by atoms with E-state index in [4.69, 9.17) is 4.74 Å². The molecule has 0 radical (unpaired) electrons. The molecule has 0 spiro atoms. The zero-order valence-electron chi connectivity index (χ0n) is 16.2. The van der Waals surface area contributed by atoms with Gasteiger partial charge in [-0.15, -0.1) is 0 Å². The molecule has 1 aliphatic carbocycles. The first-order valence-electron chi connectivity index (χ1n) is 9.45. The molecule has 3 rings (SSSR count). The normalized spacial score (nSPS) is 16.0. The van der Waals surface area contributed by atoms with Crippen LogP contribution in [0.25, 0.3) is 0 Å².